The molecule has 0 radical (unpaired) electrons. The van der Waals surface area contributed by atoms with Crippen molar-refractivity contribution < 1.29 is 9.90 Å². The Morgan fingerprint density at radius 1 is 1.37 bits per heavy atom. The quantitative estimate of drug-likeness (QED) is 0.891. The summed E-state index contributed by atoms with van der Waals surface area (Å²) in [6.45, 7) is 1.20. The number of nitrogens with one attached hydrogen (secondary N) is 1. The molecule has 1 aromatic heterocycles. The van der Waals surface area contributed by atoms with E-state index in [4.69, 9.17) is 0 Å². The van der Waals surface area contributed by atoms with Gasteiger partial charge in [-0.15, -0.1) is 0 Å². The largest absolute Gasteiger partial charge is 0.481 e. The number of nitrogens with zero attached hydrogens (tertiary/aromatic N) is 1. The summed E-state index contributed by atoms with van der Waals surface area (Å²) >= 11 is 3.51. The molecule has 0 saturated carbocycles. The van der Waals surface area contributed by atoms with E-state index in [-0.39, 0.29) is 11.8 Å². The van der Waals surface area contributed by atoms with Crippen molar-refractivity contribution in [2.45, 2.75) is 5.92 Å². The van der Waals surface area contributed by atoms with Crippen LogP contribution in [0.25, 0.3) is 10.9 Å². The number of hydrogen-bond acceptors (Lipinski definition) is 3. The fourth-order valence-electron chi connectivity index (χ4n) is 2.72. The first kappa shape index (κ1) is 12.6. The van der Waals surface area contributed by atoms with E-state index < -0.39 is 5.97 Å². The lowest BCUT2D eigenvalue weighted by atomic mass is 9.87. The van der Waals surface area contributed by atoms with Crippen molar-refractivity contribution in [2.75, 3.05) is 13.1 Å². The maximum atomic E-state index is 11.3. The molecule has 5 heteroatoms. The molecule has 2 N–H and O–H groups in total. The molecule has 1 aromatic carbocycles. The van der Waals surface area contributed by atoms with Crippen LogP contribution in [0.1, 0.15) is 11.5 Å². The van der Waals surface area contributed by atoms with Crippen molar-refractivity contribution in [2.24, 2.45) is 5.92 Å². The molecule has 2 aromatic rings. The van der Waals surface area contributed by atoms with Crippen molar-refractivity contribution in [1.29, 1.82) is 0 Å². The van der Waals surface area contributed by atoms with Crippen LogP contribution in [-0.4, -0.2) is 29.1 Å². The smallest absolute Gasteiger partial charge is 0.308 e. The highest BCUT2D eigenvalue weighted by Gasteiger charge is 2.35. The highest BCUT2D eigenvalue weighted by molar-refractivity contribution is 9.10. The van der Waals surface area contributed by atoms with Crippen LogP contribution in [0.15, 0.2) is 34.9 Å². The predicted molar refractivity (Wildman–Crippen MR) is 76.2 cm³/mol. The van der Waals surface area contributed by atoms with Crippen LogP contribution in [0.5, 0.6) is 0 Å². The minimum Gasteiger partial charge on any atom is -0.481 e. The lowest BCUT2D eigenvalue weighted by Gasteiger charge is -2.17. The molecule has 2 unspecified atom stereocenters. The Morgan fingerprint density at radius 2 is 2.21 bits per heavy atom. The highest BCUT2D eigenvalue weighted by Crippen LogP contribution is 2.35. The molecule has 1 fully saturated rings. The summed E-state index contributed by atoms with van der Waals surface area (Å²) in [5.41, 5.74) is 1.90. The molecule has 1 saturated heterocycles. The van der Waals surface area contributed by atoms with Gasteiger partial charge >= 0.3 is 5.97 Å². The molecular weight excluding hydrogens is 308 g/mol. The molecule has 98 valence electrons. The van der Waals surface area contributed by atoms with Gasteiger partial charge in [0.1, 0.15) is 0 Å². The molecule has 19 heavy (non-hydrogen) atoms. The SMILES string of the molecule is O=C(O)C1CNCC1c1ccc(Br)c2cccnc12. The second-order valence-electron chi connectivity index (χ2n) is 4.75. The van der Waals surface area contributed by atoms with E-state index >= 15 is 0 Å². The number of carboxylic acid groups (broad SMARTS) is 1. The third-order valence-corrected chi connectivity index (χ3v) is 4.37. The van der Waals surface area contributed by atoms with Gasteiger partial charge in [0, 0.05) is 35.1 Å². The van der Waals surface area contributed by atoms with Gasteiger partial charge in [-0.2, -0.15) is 0 Å². The number of aliphatic carboxylic acids is 1. The zero-order valence-corrected chi connectivity index (χ0v) is 11.7. The van der Waals surface area contributed by atoms with Gasteiger partial charge in [0.15, 0.2) is 0 Å². The van der Waals surface area contributed by atoms with Gasteiger partial charge in [0.05, 0.1) is 11.4 Å². The second kappa shape index (κ2) is 4.90. The number of carboxylic acids is 1. The molecule has 0 bridgehead atoms. The van der Waals surface area contributed by atoms with Crippen molar-refractivity contribution in [1.82, 2.24) is 10.3 Å². The first-order valence-corrected chi connectivity index (χ1v) is 6.94. The predicted octanol–water partition coefficient (Wildman–Crippen LogP) is 2.38. The third kappa shape index (κ3) is 2.13. The van der Waals surface area contributed by atoms with Crippen LogP contribution in [0.4, 0.5) is 0 Å². The van der Waals surface area contributed by atoms with Crippen molar-refractivity contribution in [3.05, 3.63) is 40.5 Å². The maximum Gasteiger partial charge on any atom is 0.308 e. The minimum atomic E-state index is -0.748. The summed E-state index contributed by atoms with van der Waals surface area (Å²) in [5.74, 6) is -1.16. The molecular formula is C14H13BrN2O2. The van der Waals surface area contributed by atoms with E-state index in [9.17, 15) is 9.90 Å². The van der Waals surface area contributed by atoms with Crippen molar-refractivity contribution in [3.63, 3.8) is 0 Å². The van der Waals surface area contributed by atoms with E-state index in [0.717, 1.165) is 20.9 Å². The van der Waals surface area contributed by atoms with Gasteiger partial charge < -0.3 is 10.4 Å². The fraction of sp³-hybridized carbons (Fsp3) is 0.286. The molecule has 0 spiro atoms. The summed E-state index contributed by atoms with van der Waals surface area (Å²) in [4.78, 5) is 15.7. The summed E-state index contributed by atoms with van der Waals surface area (Å²) in [7, 11) is 0. The van der Waals surface area contributed by atoms with Crippen LogP contribution < -0.4 is 5.32 Å². The van der Waals surface area contributed by atoms with Crippen molar-refractivity contribution in [3.8, 4) is 0 Å². The van der Waals surface area contributed by atoms with Crippen LogP contribution in [0.3, 0.4) is 0 Å². The van der Waals surface area contributed by atoms with Gasteiger partial charge in [-0.25, -0.2) is 0 Å². The lowest BCUT2D eigenvalue weighted by Crippen LogP contribution is -2.21. The first-order valence-electron chi connectivity index (χ1n) is 6.15. The van der Waals surface area contributed by atoms with E-state index in [2.05, 4.69) is 26.2 Å². The Morgan fingerprint density at radius 3 is 3.00 bits per heavy atom. The first-order chi connectivity index (χ1) is 9.18. The van der Waals surface area contributed by atoms with Crippen LogP contribution in [0, 0.1) is 5.92 Å². The standard InChI is InChI=1S/C14H13BrN2O2/c15-12-4-3-8(13-9(12)2-1-5-17-13)10-6-16-7-11(10)14(18)19/h1-5,10-11,16H,6-7H2,(H,18,19). The van der Waals surface area contributed by atoms with Gasteiger partial charge in [0.2, 0.25) is 0 Å². The number of carbonyl (C=O) groups is 1. The van der Waals surface area contributed by atoms with Crippen LogP contribution in [-0.2, 0) is 4.79 Å². The van der Waals surface area contributed by atoms with Gasteiger partial charge in [-0.1, -0.05) is 28.1 Å². The minimum absolute atomic E-state index is 0.0250. The molecule has 1 aliphatic heterocycles. The number of benzene rings is 1. The molecule has 2 heterocycles. The average Bonchev–Trinajstić information content (AvgIpc) is 2.89. The Balaban J connectivity index is 2.15. The maximum absolute atomic E-state index is 11.3. The topological polar surface area (TPSA) is 62.2 Å². The molecule has 3 rings (SSSR count). The van der Waals surface area contributed by atoms with Crippen LogP contribution in [0.2, 0.25) is 0 Å². The summed E-state index contributed by atoms with van der Waals surface area (Å²) in [6, 6.07) is 7.83. The van der Waals surface area contributed by atoms with E-state index in [0.29, 0.717) is 13.1 Å². The number of pyridine rings is 1. The van der Waals surface area contributed by atoms with Gasteiger partial charge in [-0.05, 0) is 17.7 Å². The Kier molecular flexibility index (Phi) is 3.24. The Bertz CT molecular complexity index is 644. The molecule has 2 atom stereocenters. The Labute approximate surface area is 119 Å². The lowest BCUT2D eigenvalue weighted by molar-refractivity contribution is -0.141. The molecule has 0 aliphatic carbocycles. The normalized spacial score (nSPS) is 22.8. The average molecular weight is 321 g/mol. The fourth-order valence-corrected chi connectivity index (χ4v) is 3.18. The van der Waals surface area contributed by atoms with Crippen LogP contribution >= 0.6 is 15.9 Å². The number of aromatic nitrogens is 1. The van der Waals surface area contributed by atoms with Gasteiger partial charge in [-0.3, -0.25) is 9.78 Å². The zero-order chi connectivity index (χ0) is 13.4. The highest BCUT2D eigenvalue weighted by atomic mass is 79.9. The Hall–Kier alpha value is -1.46. The number of rotatable bonds is 2. The summed E-state index contributed by atoms with van der Waals surface area (Å²) in [6.07, 6.45) is 1.75. The zero-order valence-electron chi connectivity index (χ0n) is 10.1. The summed E-state index contributed by atoms with van der Waals surface area (Å²) in [5, 5.41) is 13.5. The van der Waals surface area contributed by atoms with E-state index in [1.54, 1.807) is 6.20 Å². The van der Waals surface area contributed by atoms with Gasteiger partial charge in [0.25, 0.3) is 0 Å². The van der Waals surface area contributed by atoms with E-state index in [1.807, 2.05) is 24.3 Å². The molecule has 0 amide bonds. The molecule has 4 nitrogen and oxygen atoms in total. The van der Waals surface area contributed by atoms with Crippen molar-refractivity contribution >= 4 is 32.8 Å². The van der Waals surface area contributed by atoms with E-state index in [1.165, 1.54) is 0 Å². The number of halogens is 1. The number of fused-ring (bicyclic) bond motifs is 1. The number of hydrogen-bond donors (Lipinski definition) is 2. The molecule has 1 aliphatic rings. The third-order valence-electron chi connectivity index (χ3n) is 3.68. The second-order valence-corrected chi connectivity index (χ2v) is 5.60. The summed E-state index contributed by atoms with van der Waals surface area (Å²) < 4.78 is 0.984. The monoisotopic (exact) mass is 320 g/mol.